The van der Waals surface area contributed by atoms with Crippen LogP contribution >= 0.6 is 15.9 Å². The van der Waals surface area contributed by atoms with E-state index < -0.39 is 0 Å². The molecule has 1 aromatic rings. The summed E-state index contributed by atoms with van der Waals surface area (Å²) in [4.78, 5) is 28.0. The van der Waals surface area contributed by atoms with Crippen molar-refractivity contribution in [2.75, 3.05) is 57.6 Å². The van der Waals surface area contributed by atoms with Gasteiger partial charge in [0.15, 0.2) is 6.61 Å². The minimum absolute atomic E-state index is 0.0170. The fourth-order valence-electron chi connectivity index (χ4n) is 2.62. The first kappa shape index (κ1) is 17.2. The van der Waals surface area contributed by atoms with E-state index >= 15 is 0 Å². The van der Waals surface area contributed by atoms with E-state index in [1.54, 1.807) is 17.0 Å². The van der Waals surface area contributed by atoms with Gasteiger partial charge < -0.3 is 19.1 Å². The van der Waals surface area contributed by atoms with Crippen molar-refractivity contribution in [2.24, 2.45) is 0 Å². The lowest BCUT2D eigenvalue weighted by atomic mass is 10.2. The maximum atomic E-state index is 12.6. The molecule has 2 aliphatic heterocycles. The third-order valence-corrected chi connectivity index (χ3v) is 4.39. The highest BCUT2D eigenvalue weighted by molar-refractivity contribution is 9.10. The zero-order valence-corrected chi connectivity index (χ0v) is 14.8. The number of carbonyl (C=O) groups excluding carboxylic acids is 2. The number of hydrogen-bond donors (Lipinski definition) is 0. The lowest BCUT2D eigenvalue weighted by Gasteiger charge is -2.31. The first-order chi connectivity index (χ1) is 11.6. The highest BCUT2D eigenvalue weighted by Crippen LogP contribution is 2.34. The molecule has 0 spiro atoms. The van der Waals surface area contributed by atoms with E-state index in [0.717, 1.165) is 4.47 Å². The van der Waals surface area contributed by atoms with Gasteiger partial charge in [-0.05, 0) is 18.2 Å². The summed E-state index contributed by atoms with van der Waals surface area (Å²) in [5.41, 5.74) is 0.611. The molecule has 0 atom stereocenters. The van der Waals surface area contributed by atoms with Gasteiger partial charge in [0, 0.05) is 17.6 Å². The van der Waals surface area contributed by atoms with Crippen LogP contribution in [0.1, 0.15) is 0 Å². The van der Waals surface area contributed by atoms with Crippen LogP contribution in [0.15, 0.2) is 22.7 Å². The van der Waals surface area contributed by atoms with E-state index in [1.165, 1.54) is 4.90 Å². The predicted octanol–water partition coefficient (Wildman–Crippen LogP) is 1.05. The Morgan fingerprint density at radius 3 is 2.54 bits per heavy atom. The topological polar surface area (TPSA) is 68.3 Å². The van der Waals surface area contributed by atoms with Gasteiger partial charge in [-0.3, -0.25) is 14.5 Å². The number of anilines is 1. The van der Waals surface area contributed by atoms with Crippen molar-refractivity contribution < 1.29 is 23.8 Å². The number of benzene rings is 1. The van der Waals surface area contributed by atoms with E-state index in [1.807, 2.05) is 6.07 Å². The summed E-state index contributed by atoms with van der Waals surface area (Å²) in [6, 6.07) is 5.38. The van der Waals surface area contributed by atoms with Crippen molar-refractivity contribution in [3.8, 4) is 5.75 Å². The Kier molecular flexibility index (Phi) is 5.70. The van der Waals surface area contributed by atoms with Crippen LogP contribution in [0.5, 0.6) is 5.75 Å². The Morgan fingerprint density at radius 2 is 1.83 bits per heavy atom. The summed E-state index contributed by atoms with van der Waals surface area (Å²) < 4.78 is 17.1. The van der Waals surface area contributed by atoms with Crippen molar-refractivity contribution in [3.05, 3.63) is 22.7 Å². The second-order valence-corrected chi connectivity index (χ2v) is 6.40. The molecule has 0 unspecified atom stereocenters. The number of fused-ring (bicyclic) bond motifs is 1. The average molecular weight is 399 g/mol. The van der Waals surface area contributed by atoms with E-state index in [2.05, 4.69) is 15.9 Å². The quantitative estimate of drug-likeness (QED) is 0.744. The van der Waals surface area contributed by atoms with Gasteiger partial charge in [-0.2, -0.15) is 0 Å². The molecule has 0 aromatic heterocycles. The summed E-state index contributed by atoms with van der Waals surface area (Å²) in [6.07, 6.45) is 0. The fourth-order valence-corrected chi connectivity index (χ4v) is 2.96. The molecule has 0 radical (unpaired) electrons. The molecule has 0 N–H and O–H groups in total. The third kappa shape index (κ3) is 4.06. The van der Waals surface area contributed by atoms with Crippen molar-refractivity contribution in [3.63, 3.8) is 0 Å². The molecule has 2 amide bonds. The first-order valence-corrected chi connectivity index (χ1v) is 8.60. The molecule has 0 aliphatic carbocycles. The molecule has 1 aromatic carbocycles. The first-order valence-electron chi connectivity index (χ1n) is 7.81. The largest absolute Gasteiger partial charge is 0.482 e. The molecule has 2 aliphatic rings. The van der Waals surface area contributed by atoms with Gasteiger partial charge >= 0.3 is 0 Å². The maximum absolute atomic E-state index is 12.6. The summed E-state index contributed by atoms with van der Waals surface area (Å²) in [7, 11) is 0. The molecule has 1 saturated heterocycles. The number of nitrogens with zero attached hydrogens (tertiary/aromatic N) is 2. The smallest absolute Gasteiger partial charge is 0.265 e. The van der Waals surface area contributed by atoms with Crippen LogP contribution in [-0.4, -0.2) is 69.4 Å². The summed E-state index contributed by atoms with van der Waals surface area (Å²) in [5, 5.41) is 0. The summed E-state index contributed by atoms with van der Waals surface area (Å²) >= 11 is 3.38. The van der Waals surface area contributed by atoms with E-state index in [0.29, 0.717) is 51.0 Å². The van der Waals surface area contributed by atoms with Gasteiger partial charge in [-0.15, -0.1) is 0 Å². The Morgan fingerprint density at radius 1 is 1.12 bits per heavy atom. The maximum Gasteiger partial charge on any atom is 0.265 e. The van der Waals surface area contributed by atoms with Crippen molar-refractivity contribution >= 4 is 33.4 Å². The summed E-state index contributed by atoms with van der Waals surface area (Å²) in [6.45, 7) is 2.91. The van der Waals surface area contributed by atoms with Crippen molar-refractivity contribution in [1.82, 2.24) is 4.90 Å². The normalized spacial score (nSPS) is 19.0. The highest BCUT2D eigenvalue weighted by atomic mass is 79.9. The summed E-state index contributed by atoms with van der Waals surface area (Å²) in [5.74, 6) is 0.232. The second kappa shape index (κ2) is 7.96. The lowest BCUT2D eigenvalue weighted by molar-refractivity contribution is -0.132. The van der Waals surface area contributed by atoms with E-state index in [4.69, 9.17) is 14.2 Å². The number of carbonyl (C=O) groups is 2. The SMILES string of the molecule is O=C(CN1C(=O)COc2cc(Br)ccc21)N1CCOCCOCC1. The number of halogens is 1. The molecular weight excluding hydrogens is 380 g/mol. The van der Waals surface area contributed by atoms with Crippen LogP contribution < -0.4 is 9.64 Å². The highest BCUT2D eigenvalue weighted by Gasteiger charge is 2.29. The van der Waals surface area contributed by atoms with Gasteiger partial charge in [0.25, 0.3) is 5.91 Å². The average Bonchev–Trinajstić information content (AvgIpc) is 2.71. The molecule has 8 heteroatoms. The second-order valence-electron chi connectivity index (χ2n) is 5.49. The molecule has 130 valence electrons. The van der Waals surface area contributed by atoms with Crippen molar-refractivity contribution in [2.45, 2.75) is 0 Å². The zero-order valence-electron chi connectivity index (χ0n) is 13.2. The van der Waals surface area contributed by atoms with Gasteiger partial charge in [0.05, 0.1) is 32.1 Å². The van der Waals surface area contributed by atoms with Gasteiger partial charge in [-0.25, -0.2) is 0 Å². The van der Waals surface area contributed by atoms with Gasteiger partial charge in [-0.1, -0.05) is 15.9 Å². The lowest BCUT2D eigenvalue weighted by Crippen LogP contribution is -2.47. The minimum Gasteiger partial charge on any atom is -0.482 e. The van der Waals surface area contributed by atoms with E-state index in [9.17, 15) is 9.59 Å². The predicted molar refractivity (Wildman–Crippen MR) is 90.2 cm³/mol. The number of amides is 2. The Hall–Kier alpha value is -1.64. The molecule has 24 heavy (non-hydrogen) atoms. The fraction of sp³-hybridized carbons (Fsp3) is 0.500. The minimum atomic E-state index is -0.227. The monoisotopic (exact) mass is 398 g/mol. The van der Waals surface area contributed by atoms with Crippen LogP contribution in [0.25, 0.3) is 0 Å². The van der Waals surface area contributed by atoms with Crippen LogP contribution in [0.2, 0.25) is 0 Å². The van der Waals surface area contributed by atoms with Crippen LogP contribution in [-0.2, 0) is 19.1 Å². The molecule has 7 nitrogen and oxygen atoms in total. The molecule has 2 heterocycles. The number of ether oxygens (including phenoxy) is 3. The number of rotatable bonds is 2. The molecule has 0 bridgehead atoms. The molecular formula is C16H19BrN2O5. The van der Waals surface area contributed by atoms with Crippen LogP contribution in [0, 0.1) is 0 Å². The molecule has 0 saturated carbocycles. The van der Waals surface area contributed by atoms with Gasteiger partial charge in [0.1, 0.15) is 12.3 Å². The zero-order chi connectivity index (χ0) is 16.9. The van der Waals surface area contributed by atoms with Crippen LogP contribution in [0.3, 0.4) is 0 Å². The third-order valence-electron chi connectivity index (χ3n) is 3.89. The standard InChI is InChI=1S/C16H19BrN2O5/c17-12-1-2-13-14(9-12)24-11-16(21)19(13)10-15(20)18-3-5-22-7-8-23-6-4-18/h1-2,9H,3-8,10-11H2. The van der Waals surface area contributed by atoms with Gasteiger partial charge in [0.2, 0.25) is 5.91 Å². The van der Waals surface area contributed by atoms with Crippen molar-refractivity contribution in [1.29, 1.82) is 0 Å². The Balaban J connectivity index is 1.72. The molecule has 1 fully saturated rings. The number of hydrogen-bond acceptors (Lipinski definition) is 5. The Bertz CT molecular complexity index is 614. The molecule has 3 rings (SSSR count). The Labute approximate surface area is 148 Å². The van der Waals surface area contributed by atoms with E-state index in [-0.39, 0.29) is 25.0 Å². The van der Waals surface area contributed by atoms with Crippen LogP contribution in [0.4, 0.5) is 5.69 Å².